The van der Waals surface area contributed by atoms with Gasteiger partial charge in [0.25, 0.3) is 5.91 Å². The van der Waals surface area contributed by atoms with Crippen LogP contribution in [-0.2, 0) is 10.2 Å². The maximum Gasteiger partial charge on any atom is 0.324 e. The number of nitriles is 2. The van der Waals surface area contributed by atoms with Crippen LogP contribution in [0.5, 0.6) is 0 Å². The second-order valence-corrected chi connectivity index (χ2v) is 10.9. The van der Waals surface area contributed by atoms with Crippen LogP contribution in [0.1, 0.15) is 42.0 Å². The highest BCUT2D eigenvalue weighted by Crippen LogP contribution is 2.37. The minimum atomic E-state index is -0.827. The highest BCUT2D eigenvalue weighted by Gasteiger charge is 2.38. The smallest absolute Gasteiger partial charge is 0.324 e. The Balaban J connectivity index is 1.35. The van der Waals surface area contributed by atoms with Gasteiger partial charge in [-0.3, -0.25) is 4.79 Å². The van der Waals surface area contributed by atoms with E-state index in [9.17, 15) is 24.5 Å². The van der Waals surface area contributed by atoms with Crippen molar-refractivity contribution in [2.45, 2.75) is 30.7 Å². The molecule has 0 radical (unpaired) electrons. The molecule has 2 aromatic rings. The zero-order chi connectivity index (χ0) is 29.0. The zero-order valence-corrected chi connectivity index (χ0v) is 23.8. The van der Waals surface area contributed by atoms with E-state index in [1.54, 1.807) is 44.6 Å². The quantitative estimate of drug-likeness (QED) is 0.463. The highest BCUT2D eigenvalue weighted by atomic mass is 35.5. The molecule has 0 aromatic heterocycles. The molecule has 4 rings (SSSR count). The van der Waals surface area contributed by atoms with E-state index in [-0.39, 0.29) is 17.5 Å². The Labute approximate surface area is 243 Å². The number of carbonyl (C=O) groups is 2. The van der Waals surface area contributed by atoms with Crippen molar-refractivity contribution in [1.82, 2.24) is 20.0 Å². The number of likely N-dealkylation sites (tertiary alicyclic amines) is 1. The van der Waals surface area contributed by atoms with Crippen LogP contribution in [0.15, 0.2) is 48.2 Å². The Morgan fingerprint density at radius 2 is 1.85 bits per heavy atom. The number of nitrogens with zero attached hydrogens (tertiary/aromatic N) is 5. The molecule has 2 aliphatic rings. The summed E-state index contributed by atoms with van der Waals surface area (Å²) in [5.74, 6) is -0.783. The first-order valence-corrected chi connectivity index (χ1v) is 13.6. The standard InChI is InChI=1S/C29H29Cl2FN6O2/c1-36-17-22(26(37(2)28(36)40)19-4-7-24(30)25(31)15-19)27(39)35-10-3-11-38-12-8-29(18-34,9-13-38)23-6-5-21(32)14-20(23)16-33/h4-7,14-15,17,26H,3,8-13H2,1-2H3,(H,35,39)/t26-/m1/s1. The van der Waals surface area contributed by atoms with Crippen molar-refractivity contribution in [3.63, 3.8) is 0 Å². The molecule has 1 saturated heterocycles. The molecule has 0 bridgehead atoms. The lowest BCUT2D eigenvalue weighted by Gasteiger charge is -2.38. The van der Waals surface area contributed by atoms with Crippen LogP contribution in [-0.4, -0.2) is 66.9 Å². The van der Waals surface area contributed by atoms with Gasteiger partial charge in [0.1, 0.15) is 5.82 Å². The van der Waals surface area contributed by atoms with Gasteiger partial charge >= 0.3 is 6.03 Å². The molecule has 8 nitrogen and oxygen atoms in total. The third-order valence-corrected chi connectivity index (χ3v) is 8.36. The average molecular weight is 583 g/mol. The largest absolute Gasteiger partial charge is 0.352 e. The molecule has 1 N–H and O–H groups in total. The zero-order valence-electron chi connectivity index (χ0n) is 22.3. The number of rotatable bonds is 7. The summed E-state index contributed by atoms with van der Waals surface area (Å²) in [5.41, 5.74) is 1.04. The van der Waals surface area contributed by atoms with Crippen LogP contribution in [0.25, 0.3) is 0 Å². The van der Waals surface area contributed by atoms with Crippen molar-refractivity contribution < 1.29 is 14.0 Å². The maximum atomic E-state index is 13.6. The van der Waals surface area contributed by atoms with Gasteiger partial charge in [-0.25, -0.2) is 9.18 Å². The summed E-state index contributed by atoms with van der Waals surface area (Å²) in [6.45, 7) is 2.42. The van der Waals surface area contributed by atoms with Gasteiger partial charge in [-0.1, -0.05) is 35.3 Å². The van der Waals surface area contributed by atoms with Gasteiger partial charge in [-0.2, -0.15) is 10.5 Å². The Morgan fingerprint density at radius 3 is 2.50 bits per heavy atom. The lowest BCUT2D eigenvalue weighted by molar-refractivity contribution is -0.118. The highest BCUT2D eigenvalue weighted by molar-refractivity contribution is 6.42. The molecule has 2 aliphatic heterocycles. The van der Waals surface area contributed by atoms with Crippen LogP contribution in [0, 0.1) is 28.5 Å². The lowest BCUT2D eigenvalue weighted by Crippen LogP contribution is -2.46. The van der Waals surface area contributed by atoms with Gasteiger partial charge in [0, 0.05) is 26.8 Å². The number of amides is 3. The van der Waals surface area contributed by atoms with Crippen LogP contribution in [0.2, 0.25) is 10.0 Å². The van der Waals surface area contributed by atoms with Crippen LogP contribution >= 0.6 is 23.2 Å². The molecule has 0 spiro atoms. The first-order valence-electron chi connectivity index (χ1n) is 12.9. The number of benzene rings is 2. The second kappa shape index (κ2) is 12.3. The number of likely N-dealkylation sites (N-methyl/N-ethyl adjacent to an activating group) is 1. The fraction of sp³-hybridized carbons (Fsp3) is 0.379. The van der Waals surface area contributed by atoms with E-state index in [4.69, 9.17) is 23.2 Å². The van der Waals surface area contributed by atoms with Crippen molar-refractivity contribution in [3.8, 4) is 12.1 Å². The number of urea groups is 1. The van der Waals surface area contributed by atoms with E-state index >= 15 is 0 Å². The maximum absolute atomic E-state index is 13.6. The van der Waals surface area contributed by atoms with Crippen LogP contribution < -0.4 is 5.32 Å². The fourth-order valence-electron chi connectivity index (χ4n) is 5.40. The first kappa shape index (κ1) is 29.4. The molecule has 3 amide bonds. The Hall–Kier alpha value is -3.63. The molecule has 208 valence electrons. The fourth-order valence-corrected chi connectivity index (χ4v) is 5.71. The number of hydrogen-bond donors (Lipinski definition) is 1. The van der Waals surface area contributed by atoms with Crippen molar-refractivity contribution in [1.29, 1.82) is 10.5 Å². The molecule has 1 atom stereocenters. The van der Waals surface area contributed by atoms with Gasteiger partial charge in [-0.05, 0) is 74.3 Å². The minimum Gasteiger partial charge on any atom is -0.352 e. The van der Waals surface area contributed by atoms with Crippen LogP contribution in [0.4, 0.5) is 9.18 Å². The molecule has 40 heavy (non-hydrogen) atoms. The summed E-state index contributed by atoms with van der Waals surface area (Å²) < 4.78 is 13.6. The van der Waals surface area contributed by atoms with Crippen molar-refractivity contribution in [2.75, 3.05) is 40.3 Å². The number of piperidine rings is 1. The molecule has 0 saturated carbocycles. The van der Waals surface area contributed by atoms with E-state index in [0.717, 1.165) is 0 Å². The summed E-state index contributed by atoms with van der Waals surface area (Å²) in [6.07, 6.45) is 3.28. The van der Waals surface area contributed by atoms with Gasteiger partial charge in [0.05, 0.1) is 44.8 Å². The molecular weight excluding hydrogens is 554 g/mol. The van der Waals surface area contributed by atoms with Crippen molar-refractivity contribution >= 4 is 35.1 Å². The van der Waals surface area contributed by atoms with Crippen molar-refractivity contribution in [2.24, 2.45) is 0 Å². The van der Waals surface area contributed by atoms with Crippen molar-refractivity contribution in [3.05, 3.63) is 80.7 Å². The topological polar surface area (TPSA) is 103 Å². The first-order chi connectivity index (χ1) is 19.1. The van der Waals surface area contributed by atoms with Gasteiger partial charge < -0.3 is 20.0 Å². The normalized spacial score (nSPS) is 19.0. The summed E-state index contributed by atoms with van der Waals surface area (Å²) >= 11 is 12.3. The monoisotopic (exact) mass is 582 g/mol. The SMILES string of the molecule is CN1C=C(C(=O)NCCCN2CCC(C#N)(c3ccc(F)cc3C#N)CC2)[C@@H](c2ccc(Cl)c(Cl)c2)N(C)C1=O. The number of carbonyl (C=O) groups excluding carboxylic acids is 2. The summed E-state index contributed by atoms with van der Waals surface area (Å²) in [5, 5.41) is 23.1. The van der Waals surface area contributed by atoms with E-state index < -0.39 is 17.3 Å². The molecular formula is C29H29Cl2FN6O2. The number of nitrogens with one attached hydrogen (secondary N) is 1. The molecule has 1 fully saturated rings. The van der Waals surface area contributed by atoms with E-state index in [2.05, 4.69) is 16.3 Å². The molecule has 2 heterocycles. The Kier molecular flexibility index (Phi) is 9.00. The summed E-state index contributed by atoms with van der Waals surface area (Å²) in [7, 11) is 3.23. The van der Waals surface area contributed by atoms with Gasteiger partial charge in [-0.15, -0.1) is 0 Å². The lowest BCUT2D eigenvalue weighted by atomic mass is 9.72. The molecule has 2 aromatic carbocycles. The summed E-state index contributed by atoms with van der Waals surface area (Å²) in [6, 6.07) is 12.6. The molecule has 0 unspecified atom stereocenters. The minimum absolute atomic E-state index is 0.201. The average Bonchev–Trinajstić information content (AvgIpc) is 2.95. The predicted octanol–water partition coefficient (Wildman–Crippen LogP) is 4.99. The van der Waals surface area contributed by atoms with Gasteiger partial charge in [0.15, 0.2) is 0 Å². The van der Waals surface area contributed by atoms with E-state index in [1.165, 1.54) is 21.9 Å². The Bertz CT molecular complexity index is 1420. The predicted molar refractivity (Wildman–Crippen MR) is 150 cm³/mol. The van der Waals surface area contributed by atoms with E-state index in [1.807, 2.05) is 6.07 Å². The Morgan fingerprint density at radius 1 is 1.12 bits per heavy atom. The van der Waals surface area contributed by atoms with Gasteiger partial charge in [0.2, 0.25) is 0 Å². The third kappa shape index (κ3) is 5.93. The second-order valence-electron chi connectivity index (χ2n) is 10.1. The van der Waals surface area contributed by atoms with E-state index in [0.29, 0.717) is 72.2 Å². The summed E-state index contributed by atoms with van der Waals surface area (Å²) in [4.78, 5) is 31.0. The number of hydrogen-bond acceptors (Lipinski definition) is 5. The molecule has 11 heteroatoms. The number of halogens is 3. The third-order valence-electron chi connectivity index (χ3n) is 7.62. The molecule has 0 aliphatic carbocycles. The van der Waals surface area contributed by atoms with Crippen LogP contribution in [0.3, 0.4) is 0 Å².